The summed E-state index contributed by atoms with van der Waals surface area (Å²) in [5.41, 5.74) is 6.50. The summed E-state index contributed by atoms with van der Waals surface area (Å²) >= 11 is 0. The van der Waals surface area contributed by atoms with Gasteiger partial charge >= 0.3 is 0 Å². The van der Waals surface area contributed by atoms with Gasteiger partial charge in [0.05, 0.1) is 11.9 Å². The third-order valence-corrected chi connectivity index (χ3v) is 1.91. The zero-order chi connectivity index (χ0) is 9.97. The van der Waals surface area contributed by atoms with Crippen LogP contribution < -0.4 is 5.73 Å². The van der Waals surface area contributed by atoms with Crippen molar-refractivity contribution in [2.45, 2.75) is 6.54 Å². The van der Waals surface area contributed by atoms with Crippen molar-refractivity contribution in [2.75, 3.05) is 0 Å². The number of para-hydroxylation sites is 1. The number of aromatic nitrogens is 3. The molecule has 2 aromatic rings. The fourth-order valence-corrected chi connectivity index (χ4v) is 1.22. The maximum Gasteiger partial charge on any atom is 0.148 e. The molecule has 0 aliphatic rings. The van der Waals surface area contributed by atoms with Crippen molar-refractivity contribution in [3.63, 3.8) is 0 Å². The van der Waals surface area contributed by atoms with Gasteiger partial charge in [-0.2, -0.15) is 0 Å². The largest absolute Gasteiger partial charge is 0.325 e. The zero-order valence-electron chi connectivity index (χ0n) is 7.39. The molecule has 0 bridgehead atoms. The lowest BCUT2D eigenvalue weighted by molar-refractivity contribution is 0.602. The van der Waals surface area contributed by atoms with Crippen LogP contribution in [-0.4, -0.2) is 15.0 Å². The van der Waals surface area contributed by atoms with Crippen LogP contribution in [-0.2, 0) is 6.54 Å². The van der Waals surface area contributed by atoms with Gasteiger partial charge in [-0.1, -0.05) is 17.3 Å². The normalized spacial score (nSPS) is 10.4. The van der Waals surface area contributed by atoms with E-state index in [1.54, 1.807) is 18.2 Å². The Bertz CT molecular complexity index is 438. The first-order valence-electron chi connectivity index (χ1n) is 4.17. The van der Waals surface area contributed by atoms with Crippen molar-refractivity contribution in [3.8, 4) is 5.69 Å². The minimum absolute atomic E-state index is 0.279. The van der Waals surface area contributed by atoms with E-state index in [1.807, 2.05) is 0 Å². The lowest BCUT2D eigenvalue weighted by Gasteiger charge is -2.04. The van der Waals surface area contributed by atoms with Crippen LogP contribution in [0.5, 0.6) is 0 Å². The predicted octanol–water partition coefficient (Wildman–Crippen LogP) is 0.865. The molecule has 0 aliphatic heterocycles. The maximum atomic E-state index is 13.3. The van der Waals surface area contributed by atoms with Gasteiger partial charge in [0, 0.05) is 6.54 Å². The highest BCUT2D eigenvalue weighted by molar-refractivity contribution is 5.33. The summed E-state index contributed by atoms with van der Waals surface area (Å²) in [7, 11) is 0. The van der Waals surface area contributed by atoms with Gasteiger partial charge in [-0.25, -0.2) is 9.07 Å². The molecular weight excluding hydrogens is 183 g/mol. The molecule has 4 nitrogen and oxygen atoms in total. The van der Waals surface area contributed by atoms with E-state index in [9.17, 15) is 4.39 Å². The van der Waals surface area contributed by atoms with Crippen LogP contribution in [0.2, 0.25) is 0 Å². The topological polar surface area (TPSA) is 56.7 Å². The predicted molar refractivity (Wildman–Crippen MR) is 49.2 cm³/mol. The second-order valence-corrected chi connectivity index (χ2v) is 2.79. The molecule has 1 aromatic carbocycles. The lowest BCUT2D eigenvalue weighted by Crippen LogP contribution is -2.08. The van der Waals surface area contributed by atoms with E-state index in [2.05, 4.69) is 10.3 Å². The minimum atomic E-state index is -0.340. The van der Waals surface area contributed by atoms with Crippen LogP contribution in [0.1, 0.15) is 5.69 Å². The SMILES string of the molecule is NCc1cnnn1-c1ccccc1F. The molecule has 2 N–H and O–H groups in total. The van der Waals surface area contributed by atoms with E-state index in [1.165, 1.54) is 16.9 Å². The Morgan fingerprint density at radius 2 is 2.14 bits per heavy atom. The summed E-state index contributed by atoms with van der Waals surface area (Å²) in [5.74, 6) is -0.340. The molecule has 0 aliphatic carbocycles. The Hall–Kier alpha value is -1.75. The standard InChI is InChI=1S/C9H9FN4/c10-8-3-1-2-4-9(8)14-7(5-11)6-12-13-14/h1-4,6H,5,11H2. The number of nitrogens with two attached hydrogens (primary N) is 1. The molecule has 0 saturated carbocycles. The average molecular weight is 192 g/mol. The lowest BCUT2D eigenvalue weighted by atomic mass is 10.3. The molecule has 1 aromatic heterocycles. The Labute approximate surface area is 80.2 Å². The van der Waals surface area contributed by atoms with E-state index in [0.29, 0.717) is 11.4 Å². The van der Waals surface area contributed by atoms with Gasteiger partial charge in [-0.15, -0.1) is 5.10 Å². The van der Waals surface area contributed by atoms with Gasteiger partial charge in [-0.05, 0) is 12.1 Å². The third kappa shape index (κ3) is 1.38. The second-order valence-electron chi connectivity index (χ2n) is 2.79. The third-order valence-electron chi connectivity index (χ3n) is 1.91. The summed E-state index contributed by atoms with van der Waals surface area (Å²) in [6.45, 7) is 0.279. The van der Waals surface area contributed by atoms with Crippen molar-refractivity contribution in [1.82, 2.24) is 15.0 Å². The Morgan fingerprint density at radius 3 is 2.86 bits per heavy atom. The fraction of sp³-hybridized carbons (Fsp3) is 0.111. The fourth-order valence-electron chi connectivity index (χ4n) is 1.22. The molecule has 0 amide bonds. The van der Waals surface area contributed by atoms with E-state index >= 15 is 0 Å². The molecular formula is C9H9FN4. The summed E-state index contributed by atoms with van der Waals surface area (Å²) in [6.07, 6.45) is 1.52. The van der Waals surface area contributed by atoms with Gasteiger partial charge in [-0.3, -0.25) is 0 Å². The van der Waals surface area contributed by atoms with Gasteiger partial charge < -0.3 is 5.73 Å². The first kappa shape index (κ1) is 8.83. The monoisotopic (exact) mass is 192 g/mol. The number of nitrogens with zero attached hydrogens (tertiary/aromatic N) is 3. The second kappa shape index (κ2) is 3.55. The summed E-state index contributed by atoms with van der Waals surface area (Å²) < 4.78 is 14.7. The van der Waals surface area contributed by atoms with Crippen molar-refractivity contribution < 1.29 is 4.39 Å². The van der Waals surface area contributed by atoms with E-state index in [4.69, 9.17) is 5.73 Å². The quantitative estimate of drug-likeness (QED) is 0.767. The molecule has 0 radical (unpaired) electrons. The van der Waals surface area contributed by atoms with Crippen LogP contribution >= 0.6 is 0 Å². The number of halogens is 1. The van der Waals surface area contributed by atoms with E-state index < -0.39 is 0 Å². The highest BCUT2D eigenvalue weighted by Gasteiger charge is 2.08. The minimum Gasteiger partial charge on any atom is -0.325 e. The number of rotatable bonds is 2. The van der Waals surface area contributed by atoms with Crippen LogP contribution in [0.4, 0.5) is 4.39 Å². The highest BCUT2D eigenvalue weighted by atomic mass is 19.1. The molecule has 0 saturated heterocycles. The molecule has 72 valence electrons. The van der Waals surface area contributed by atoms with Gasteiger partial charge in [0.15, 0.2) is 0 Å². The Morgan fingerprint density at radius 1 is 1.36 bits per heavy atom. The molecule has 5 heteroatoms. The summed E-state index contributed by atoms with van der Waals surface area (Å²) in [5, 5.41) is 7.44. The van der Waals surface area contributed by atoms with E-state index in [-0.39, 0.29) is 12.4 Å². The van der Waals surface area contributed by atoms with Crippen molar-refractivity contribution in [2.24, 2.45) is 5.73 Å². The van der Waals surface area contributed by atoms with Crippen LogP contribution in [0.3, 0.4) is 0 Å². The highest BCUT2D eigenvalue weighted by Crippen LogP contribution is 2.12. The van der Waals surface area contributed by atoms with Crippen molar-refractivity contribution in [3.05, 3.63) is 42.0 Å². The summed E-state index contributed by atoms with van der Waals surface area (Å²) in [4.78, 5) is 0. The summed E-state index contributed by atoms with van der Waals surface area (Å²) in [6, 6.07) is 6.36. The van der Waals surface area contributed by atoms with Crippen molar-refractivity contribution >= 4 is 0 Å². The number of benzene rings is 1. The molecule has 14 heavy (non-hydrogen) atoms. The van der Waals surface area contributed by atoms with Crippen molar-refractivity contribution in [1.29, 1.82) is 0 Å². The molecule has 2 rings (SSSR count). The Balaban J connectivity index is 2.54. The molecule has 0 fully saturated rings. The molecule has 0 unspecified atom stereocenters. The maximum absolute atomic E-state index is 13.3. The van der Waals surface area contributed by atoms with Gasteiger partial charge in [0.25, 0.3) is 0 Å². The van der Waals surface area contributed by atoms with E-state index in [0.717, 1.165) is 0 Å². The van der Waals surface area contributed by atoms with Crippen LogP contribution in [0, 0.1) is 5.82 Å². The van der Waals surface area contributed by atoms with Gasteiger partial charge in [0.1, 0.15) is 11.5 Å². The Kier molecular flexibility index (Phi) is 2.24. The average Bonchev–Trinajstić information content (AvgIpc) is 2.66. The molecule has 1 heterocycles. The first-order chi connectivity index (χ1) is 6.83. The smallest absolute Gasteiger partial charge is 0.148 e. The molecule has 0 spiro atoms. The number of hydrogen-bond acceptors (Lipinski definition) is 3. The van der Waals surface area contributed by atoms with Crippen LogP contribution in [0.15, 0.2) is 30.5 Å². The van der Waals surface area contributed by atoms with Crippen LogP contribution in [0.25, 0.3) is 5.69 Å². The molecule has 0 atom stereocenters. The number of hydrogen-bond donors (Lipinski definition) is 1. The van der Waals surface area contributed by atoms with Gasteiger partial charge in [0.2, 0.25) is 0 Å². The first-order valence-corrected chi connectivity index (χ1v) is 4.17. The zero-order valence-corrected chi connectivity index (χ0v) is 7.39.